The van der Waals surface area contributed by atoms with Crippen LogP contribution in [0.25, 0.3) is 32.6 Å². The van der Waals surface area contributed by atoms with Crippen LogP contribution in [0.2, 0.25) is 0 Å². The fourth-order valence-electron chi connectivity index (χ4n) is 4.07. The fourth-order valence-corrected chi connectivity index (χ4v) is 4.07. The summed E-state index contributed by atoms with van der Waals surface area (Å²) < 4.78 is 1.89. The Morgan fingerprint density at radius 1 is 1.03 bits per heavy atom. The third-order valence-electron chi connectivity index (χ3n) is 5.51. The molecule has 3 aromatic carbocycles. The van der Waals surface area contributed by atoms with Crippen LogP contribution in [0.4, 0.5) is 0 Å². The maximum Gasteiger partial charge on any atom is 0.189 e. The van der Waals surface area contributed by atoms with E-state index < -0.39 is 0 Å². The van der Waals surface area contributed by atoms with Crippen molar-refractivity contribution < 1.29 is 15.3 Å². The molecule has 4 aromatic rings. The zero-order chi connectivity index (χ0) is 22.0. The van der Waals surface area contributed by atoms with E-state index in [0.717, 1.165) is 18.4 Å². The lowest BCUT2D eigenvalue weighted by molar-refractivity contribution is 0.291. The van der Waals surface area contributed by atoms with E-state index in [0.29, 0.717) is 54.4 Å². The molecule has 0 unspecified atom stereocenters. The molecule has 0 fully saturated rings. The van der Waals surface area contributed by atoms with Gasteiger partial charge in [0.25, 0.3) is 0 Å². The molecule has 0 aliphatic heterocycles. The minimum Gasteiger partial charge on any atom is -0.507 e. The van der Waals surface area contributed by atoms with E-state index in [4.69, 9.17) is 10.8 Å². The first-order chi connectivity index (χ1) is 15.1. The zero-order valence-electron chi connectivity index (χ0n) is 17.2. The van der Waals surface area contributed by atoms with Crippen molar-refractivity contribution in [2.45, 2.75) is 19.4 Å². The van der Waals surface area contributed by atoms with Gasteiger partial charge in [-0.15, -0.1) is 0 Å². The van der Waals surface area contributed by atoms with Gasteiger partial charge in [-0.1, -0.05) is 0 Å². The van der Waals surface area contributed by atoms with Crippen molar-refractivity contribution in [1.29, 1.82) is 0 Å². The van der Waals surface area contributed by atoms with Crippen LogP contribution in [-0.4, -0.2) is 57.9 Å². The van der Waals surface area contributed by atoms with Crippen LogP contribution in [0.5, 0.6) is 11.5 Å². The molecule has 0 saturated heterocycles. The normalized spacial score (nSPS) is 12.6. The predicted molar refractivity (Wildman–Crippen MR) is 121 cm³/mol. The first-order valence-electron chi connectivity index (χ1n) is 10.5. The minimum absolute atomic E-state index is 0.0512. The number of nitrogens with zero attached hydrogens (tertiary/aromatic N) is 2. The third kappa shape index (κ3) is 3.71. The maximum absolute atomic E-state index is 12.7. The first kappa shape index (κ1) is 21.1. The van der Waals surface area contributed by atoms with Gasteiger partial charge in [-0.3, -0.25) is 19.6 Å². The molecular formula is C22H27N5O4. The number of aromatic nitrogens is 2. The van der Waals surface area contributed by atoms with Crippen molar-refractivity contribution in [2.75, 3.05) is 32.8 Å². The number of aromatic hydroxyl groups is 2. The standard InChI is InChI=1S/C22H27N5O4/c23-7-1-2-8-25-13-3-4-14-18-17(13)22(31)20-16(30)6-5-15(29)19(20)21(18)26-27(14)11-9-24-10-12-28/h3-6,24,26,28,30-31H,1-2,7-12,23H2. The predicted octanol–water partition coefficient (Wildman–Crippen LogP) is 0.706. The second-order valence-electron chi connectivity index (χ2n) is 7.52. The number of nitrogens with two attached hydrogens (primary N) is 1. The Kier molecular flexibility index (Phi) is 6.08. The quantitative estimate of drug-likeness (QED) is 0.172. The van der Waals surface area contributed by atoms with Crippen molar-refractivity contribution in [3.63, 3.8) is 0 Å². The second kappa shape index (κ2) is 8.93. The Hall–Kier alpha value is -3.14. The van der Waals surface area contributed by atoms with Crippen molar-refractivity contribution in [3.05, 3.63) is 39.8 Å². The van der Waals surface area contributed by atoms with Gasteiger partial charge in [0, 0.05) is 25.0 Å². The SMILES string of the molecule is NCCCCN=c1ccc2c3c1c(O)c1c(O)ccc(=O)c1c3[nH]n2CCNCCO. The summed E-state index contributed by atoms with van der Waals surface area (Å²) >= 11 is 0. The molecule has 0 spiro atoms. The summed E-state index contributed by atoms with van der Waals surface area (Å²) in [6.07, 6.45) is 1.69. The third-order valence-corrected chi connectivity index (χ3v) is 5.51. The van der Waals surface area contributed by atoms with Gasteiger partial charge in [0.2, 0.25) is 0 Å². The van der Waals surface area contributed by atoms with Gasteiger partial charge in [-0.2, -0.15) is 0 Å². The summed E-state index contributed by atoms with van der Waals surface area (Å²) in [5, 5.41) is 39.2. The highest BCUT2D eigenvalue weighted by Gasteiger charge is 2.21. The lowest BCUT2D eigenvalue weighted by atomic mass is 9.99. The van der Waals surface area contributed by atoms with Gasteiger partial charge in [0.05, 0.1) is 45.7 Å². The number of fused-ring (bicyclic) bond motifs is 2. The number of aliphatic hydroxyl groups is 1. The van der Waals surface area contributed by atoms with Crippen LogP contribution in [-0.2, 0) is 6.54 Å². The average Bonchev–Trinajstić information content (AvgIpc) is 3.13. The number of phenolic OH excluding ortho intramolecular Hbond substituents is 2. The Balaban J connectivity index is 2.01. The Morgan fingerprint density at radius 3 is 2.65 bits per heavy atom. The number of phenols is 2. The van der Waals surface area contributed by atoms with Crippen LogP contribution in [0.15, 0.2) is 34.1 Å². The molecule has 164 valence electrons. The minimum atomic E-state index is -0.288. The summed E-state index contributed by atoms with van der Waals surface area (Å²) in [4.78, 5) is 17.4. The number of rotatable bonds is 9. The van der Waals surface area contributed by atoms with E-state index in [9.17, 15) is 15.0 Å². The van der Waals surface area contributed by atoms with Gasteiger partial charge in [-0.05, 0) is 43.7 Å². The van der Waals surface area contributed by atoms with Crippen LogP contribution < -0.4 is 21.8 Å². The number of unbranched alkanes of at least 4 members (excludes halogenated alkanes) is 1. The lowest BCUT2D eigenvalue weighted by Crippen LogP contribution is -2.23. The van der Waals surface area contributed by atoms with Crippen molar-refractivity contribution in [2.24, 2.45) is 10.7 Å². The van der Waals surface area contributed by atoms with E-state index in [1.807, 2.05) is 16.8 Å². The summed E-state index contributed by atoms with van der Waals surface area (Å²) in [7, 11) is 0. The molecule has 7 N–H and O–H groups in total. The summed E-state index contributed by atoms with van der Waals surface area (Å²) in [6, 6.07) is 6.36. The van der Waals surface area contributed by atoms with Crippen LogP contribution in [0.1, 0.15) is 12.8 Å². The second-order valence-corrected chi connectivity index (χ2v) is 7.52. The number of aromatic amines is 1. The number of aliphatic hydroxyl groups excluding tert-OH is 1. The van der Waals surface area contributed by atoms with Crippen molar-refractivity contribution in [1.82, 2.24) is 15.1 Å². The molecule has 1 heterocycles. The van der Waals surface area contributed by atoms with E-state index in [1.165, 1.54) is 12.1 Å². The first-order valence-corrected chi connectivity index (χ1v) is 10.5. The molecule has 0 saturated carbocycles. The van der Waals surface area contributed by atoms with Crippen LogP contribution in [0, 0.1) is 0 Å². The topological polar surface area (TPSA) is 149 Å². The van der Waals surface area contributed by atoms with Gasteiger partial charge in [0.15, 0.2) is 5.43 Å². The molecule has 0 aliphatic rings. The van der Waals surface area contributed by atoms with E-state index in [2.05, 4.69) is 15.4 Å². The van der Waals surface area contributed by atoms with Crippen molar-refractivity contribution in [3.8, 4) is 11.5 Å². The molecule has 0 aliphatic carbocycles. The number of H-pyrrole nitrogens is 1. The number of benzene rings is 3. The molecule has 9 heteroatoms. The summed E-state index contributed by atoms with van der Waals surface area (Å²) in [5.74, 6) is -0.306. The molecule has 1 aromatic heterocycles. The molecule has 0 bridgehead atoms. The molecule has 0 amide bonds. The average molecular weight is 425 g/mol. The van der Waals surface area contributed by atoms with Crippen LogP contribution in [0.3, 0.4) is 0 Å². The molecular weight excluding hydrogens is 398 g/mol. The van der Waals surface area contributed by atoms with E-state index >= 15 is 0 Å². The molecule has 31 heavy (non-hydrogen) atoms. The number of nitrogens with one attached hydrogen (secondary N) is 2. The van der Waals surface area contributed by atoms with Gasteiger partial charge < -0.3 is 26.4 Å². The number of hydrogen-bond acceptors (Lipinski definition) is 7. The lowest BCUT2D eigenvalue weighted by Gasteiger charge is -2.09. The zero-order valence-corrected chi connectivity index (χ0v) is 17.2. The Labute approximate surface area is 177 Å². The smallest absolute Gasteiger partial charge is 0.189 e. The van der Waals surface area contributed by atoms with E-state index in [1.54, 1.807) is 0 Å². The Bertz CT molecular complexity index is 1340. The highest BCUT2D eigenvalue weighted by molar-refractivity contribution is 6.23. The van der Waals surface area contributed by atoms with E-state index in [-0.39, 0.29) is 34.3 Å². The highest BCUT2D eigenvalue weighted by Crippen LogP contribution is 2.41. The number of hydrogen-bond donors (Lipinski definition) is 6. The summed E-state index contributed by atoms with van der Waals surface area (Å²) in [6.45, 7) is 2.86. The molecule has 9 nitrogen and oxygen atoms in total. The summed E-state index contributed by atoms with van der Waals surface area (Å²) in [5.41, 5.74) is 6.65. The van der Waals surface area contributed by atoms with Crippen molar-refractivity contribution >= 4 is 32.6 Å². The van der Waals surface area contributed by atoms with Crippen LogP contribution >= 0.6 is 0 Å². The molecule has 4 rings (SSSR count). The van der Waals surface area contributed by atoms with Gasteiger partial charge >= 0.3 is 0 Å². The van der Waals surface area contributed by atoms with Gasteiger partial charge in [-0.25, -0.2) is 0 Å². The molecule has 0 atom stereocenters. The maximum atomic E-state index is 12.7. The molecule has 0 radical (unpaired) electrons. The Morgan fingerprint density at radius 2 is 1.87 bits per heavy atom. The highest BCUT2D eigenvalue weighted by atomic mass is 16.3. The van der Waals surface area contributed by atoms with Gasteiger partial charge in [0.1, 0.15) is 11.5 Å². The largest absolute Gasteiger partial charge is 0.507 e. The fraction of sp³-hybridized carbons (Fsp3) is 0.364. The monoisotopic (exact) mass is 425 g/mol.